The van der Waals surface area contributed by atoms with E-state index in [0.717, 1.165) is 11.8 Å². The molecule has 3 N–H and O–H groups in total. The minimum absolute atomic E-state index is 0.00996. The molecule has 10 heteroatoms. The van der Waals surface area contributed by atoms with Crippen LogP contribution >= 0.6 is 11.8 Å². The number of hydrogen-bond donors (Lipinski definition) is 2. The minimum atomic E-state index is -0.598. The van der Waals surface area contributed by atoms with E-state index in [4.69, 9.17) is 15.2 Å². The first-order chi connectivity index (χ1) is 13.4. The van der Waals surface area contributed by atoms with E-state index in [-0.39, 0.29) is 41.4 Å². The second-order valence-corrected chi connectivity index (χ2v) is 7.15. The van der Waals surface area contributed by atoms with Crippen LogP contribution in [0.1, 0.15) is 34.6 Å². The highest BCUT2D eigenvalue weighted by Crippen LogP contribution is 2.31. The van der Waals surface area contributed by atoms with Crippen LogP contribution in [0.4, 0.5) is 11.5 Å². The van der Waals surface area contributed by atoms with E-state index in [1.54, 1.807) is 32.0 Å². The molecule has 146 valence electrons. The molecule has 0 saturated carbocycles. The summed E-state index contributed by atoms with van der Waals surface area (Å²) >= 11 is 1.11. The molecule has 0 bridgehead atoms. The number of Topliss-reactive ketones (excluding diaryl/α,β-unsaturated/α-hetero) is 1. The summed E-state index contributed by atoms with van der Waals surface area (Å²) in [6, 6.07) is 4.85. The average Bonchev–Trinajstić information content (AvgIpc) is 2.67. The van der Waals surface area contributed by atoms with Crippen molar-refractivity contribution in [2.24, 2.45) is 0 Å². The maximum absolute atomic E-state index is 12.7. The predicted molar refractivity (Wildman–Crippen MR) is 103 cm³/mol. The van der Waals surface area contributed by atoms with E-state index < -0.39 is 11.2 Å². The smallest absolute Gasteiger partial charge is 0.343 e. The molecule has 0 spiro atoms. The van der Waals surface area contributed by atoms with Crippen LogP contribution in [-0.4, -0.2) is 46.1 Å². The number of benzene rings is 1. The number of anilines is 2. The number of aromatic nitrogens is 2. The Morgan fingerprint density at radius 1 is 1.43 bits per heavy atom. The van der Waals surface area contributed by atoms with Crippen LogP contribution in [0, 0.1) is 0 Å². The number of hydrogen-bond acceptors (Lipinski definition) is 9. The third-order valence-electron chi connectivity index (χ3n) is 3.84. The number of rotatable bonds is 6. The highest BCUT2D eigenvalue weighted by atomic mass is 32.2. The van der Waals surface area contributed by atoms with E-state index in [1.165, 1.54) is 6.20 Å². The van der Waals surface area contributed by atoms with Crippen LogP contribution in [-0.2, 0) is 9.53 Å². The van der Waals surface area contributed by atoms with E-state index in [2.05, 4.69) is 15.3 Å². The summed E-state index contributed by atoms with van der Waals surface area (Å²) in [5, 5.41) is 2.41. The predicted octanol–water partition coefficient (Wildman–Crippen LogP) is 1.93. The van der Waals surface area contributed by atoms with Crippen LogP contribution < -0.4 is 15.8 Å². The zero-order chi connectivity index (χ0) is 20.3. The van der Waals surface area contributed by atoms with Gasteiger partial charge in [-0.25, -0.2) is 14.8 Å². The lowest BCUT2D eigenvalue weighted by molar-refractivity contribution is -0.118. The van der Waals surface area contributed by atoms with Gasteiger partial charge in [-0.3, -0.25) is 9.59 Å². The molecule has 1 atom stereocenters. The number of thioether (sulfide) groups is 1. The van der Waals surface area contributed by atoms with Crippen LogP contribution in [0.25, 0.3) is 0 Å². The number of carbonyl (C=O) groups excluding carboxylic acids is 3. The Kier molecular flexibility index (Phi) is 5.78. The Labute approximate surface area is 165 Å². The number of esters is 1. The molecule has 0 unspecified atom stereocenters. The zero-order valence-electron chi connectivity index (χ0n) is 15.2. The van der Waals surface area contributed by atoms with Gasteiger partial charge in [-0.2, -0.15) is 0 Å². The number of nitrogen functional groups attached to an aromatic ring is 1. The second-order valence-electron chi connectivity index (χ2n) is 5.84. The van der Waals surface area contributed by atoms with Gasteiger partial charge in [0.25, 0.3) is 5.91 Å². The Balaban J connectivity index is 1.72. The molecule has 3 rings (SSSR count). The fourth-order valence-electron chi connectivity index (χ4n) is 2.48. The monoisotopic (exact) mass is 402 g/mol. The number of ketones is 1. The topological polar surface area (TPSA) is 134 Å². The third kappa shape index (κ3) is 4.22. The molecule has 0 saturated heterocycles. The second kappa shape index (κ2) is 8.26. The summed E-state index contributed by atoms with van der Waals surface area (Å²) in [4.78, 5) is 44.1. The Morgan fingerprint density at radius 3 is 2.93 bits per heavy atom. The van der Waals surface area contributed by atoms with Gasteiger partial charge in [0.05, 0.1) is 17.5 Å². The standard InChI is InChI=1S/C18H18N4O5S/c1-3-26-17(25)11-7-20-18(22-16(11)19)28-9(2)15(24)10-4-5-13-12(6-10)21-14(23)8-27-13/h4-7,9H,3,8H2,1-2H3,(H,21,23)(H2,19,20,22)/t9-/m0/s1. The van der Waals surface area contributed by atoms with Crippen molar-refractivity contribution in [3.63, 3.8) is 0 Å². The minimum Gasteiger partial charge on any atom is -0.482 e. The Hall–Kier alpha value is -3.14. The molecule has 1 amide bonds. The number of carbonyl (C=O) groups is 3. The fourth-order valence-corrected chi connectivity index (χ4v) is 3.31. The van der Waals surface area contributed by atoms with Crippen molar-refractivity contribution in [2.45, 2.75) is 24.3 Å². The van der Waals surface area contributed by atoms with Gasteiger partial charge in [-0.1, -0.05) is 11.8 Å². The van der Waals surface area contributed by atoms with E-state index in [9.17, 15) is 14.4 Å². The molecule has 0 fully saturated rings. The molecule has 0 radical (unpaired) electrons. The maximum Gasteiger partial charge on any atom is 0.343 e. The van der Waals surface area contributed by atoms with Crippen LogP contribution in [0.15, 0.2) is 29.6 Å². The molecular weight excluding hydrogens is 384 g/mol. The van der Waals surface area contributed by atoms with E-state index in [0.29, 0.717) is 17.0 Å². The number of nitrogens with one attached hydrogen (secondary N) is 1. The molecule has 28 heavy (non-hydrogen) atoms. The molecule has 0 aliphatic carbocycles. The number of fused-ring (bicyclic) bond motifs is 1. The van der Waals surface area contributed by atoms with Gasteiger partial charge in [0.15, 0.2) is 17.5 Å². The van der Waals surface area contributed by atoms with Crippen molar-refractivity contribution < 1.29 is 23.9 Å². The number of nitrogens with zero attached hydrogens (tertiary/aromatic N) is 2. The van der Waals surface area contributed by atoms with E-state index >= 15 is 0 Å². The van der Waals surface area contributed by atoms with Crippen molar-refractivity contribution in [2.75, 3.05) is 24.3 Å². The number of nitrogens with two attached hydrogens (primary N) is 1. The van der Waals surface area contributed by atoms with Gasteiger partial charge in [-0.05, 0) is 32.0 Å². The SMILES string of the molecule is CCOC(=O)c1cnc(S[C@@H](C)C(=O)c2ccc3c(c2)NC(=O)CO3)nc1N. The first kappa shape index (κ1) is 19.6. The highest BCUT2D eigenvalue weighted by Gasteiger charge is 2.23. The molecule has 2 heterocycles. The highest BCUT2D eigenvalue weighted by molar-refractivity contribution is 8.00. The quantitative estimate of drug-likeness (QED) is 0.322. The van der Waals surface area contributed by atoms with Crippen molar-refractivity contribution in [3.05, 3.63) is 35.5 Å². The maximum atomic E-state index is 12.7. The lowest BCUT2D eigenvalue weighted by atomic mass is 10.1. The van der Waals surface area contributed by atoms with Gasteiger partial charge >= 0.3 is 5.97 Å². The van der Waals surface area contributed by atoms with Gasteiger partial charge in [0, 0.05) is 11.8 Å². The summed E-state index contributed by atoms with van der Waals surface area (Å²) in [6.07, 6.45) is 1.28. The lowest BCUT2D eigenvalue weighted by Crippen LogP contribution is -2.25. The van der Waals surface area contributed by atoms with Crippen molar-refractivity contribution in [3.8, 4) is 5.75 Å². The largest absolute Gasteiger partial charge is 0.482 e. The number of amides is 1. The van der Waals surface area contributed by atoms with Crippen molar-refractivity contribution >= 4 is 40.9 Å². The van der Waals surface area contributed by atoms with Crippen molar-refractivity contribution in [1.29, 1.82) is 0 Å². The molecule has 1 aromatic carbocycles. The number of ether oxygens (including phenoxy) is 2. The molecule has 2 aromatic rings. The molecule has 1 aromatic heterocycles. The van der Waals surface area contributed by atoms with Gasteiger partial charge in [-0.15, -0.1) is 0 Å². The first-order valence-electron chi connectivity index (χ1n) is 8.46. The summed E-state index contributed by atoms with van der Waals surface area (Å²) in [7, 11) is 0. The third-order valence-corrected chi connectivity index (χ3v) is 4.81. The van der Waals surface area contributed by atoms with E-state index in [1.807, 2.05) is 0 Å². The average molecular weight is 402 g/mol. The fraction of sp³-hybridized carbons (Fsp3) is 0.278. The lowest BCUT2D eigenvalue weighted by Gasteiger charge is -2.19. The molecule has 1 aliphatic rings. The first-order valence-corrected chi connectivity index (χ1v) is 9.34. The summed E-state index contributed by atoms with van der Waals surface area (Å²) in [5.74, 6) is -0.542. The van der Waals surface area contributed by atoms with Gasteiger partial charge < -0.3 is 20.5 Å². The van der Waals surface area contributed by atoms with Crippen molar-refractivity contribution in [1.82, 2.24) is 9.97 Å². The molecule has 9 nitrogen and oxygen atoms in total. The molecular formula is C18H18N4O5S. The van der Waals surface area contributed by atoms with Crippen LogP contribution in [0.3, 0.4) is 0 Å². The Bertz CT molecular complexity index is 950. The van der Waals surface area contributed by atoms with Crippen LogP contribution in [0.2, 0.25) is 0 Å². The summed E-state index contributed by atoms with van der Waals surface area (Å²) < 4.78 is 10.2. The summed E-state index contributed by atoms with van der Waals surface area (Å²) in [6.45, 7) is 3.56. The van der Waals surface area contributed by atoms with Crippen LogP contribution in [0.5, 0.6) is 5.75 Å². The normalized spacial score (nSPS) is 13.7. The summed E-state index contributed by atoms with van der Waals surface area (Å²) in [5.41, 5.74) is 6.75. The van der Waals surface area contributed by atoms with Gasteiger partial charge in [0.1, 0.15) is 17.1 Å². The van der Waals surface area contributed by atoms with Gasteiger partial charge in [0.2, 0.25) is 0 Å². The zero-order valence-corrected chi connectivity index (χ0v) is 16.0. The Morgan fingerprint density at radius 2 is 2.21 bits per heavy atom. The molecule has 1 aliphatic heterocycles.